The van der Waals surface area contributed by atoms with Crippen LogP contribution in [0, 0.1) is 0 Å². The van der Waals surface area contributed by atoms with Crippen molar-refractivity contribution in [3.05, 3.63) is 29.8 Å². The SMILES string of the molecule is COCc1ccccc1NC(=O)N1CCC[C@@H](O)C1. The van der Waals surface area contributed by atoms with Gasteiger partial charge in [0, 0.05) is 31.5 Å². The van der Waals surface area contributed by atoms with E-state index in [4.69, 9.17) is 4.74 Å². The van der Waals surface area contributed by atoms with Crippen LogP contribution in [-0.2, 0) is 11.3 Å². The molecule has 5 nitrogen and oxygen atoms in total. The Morgan fingerprint density at radius 3 is 3.05 bits per heavy atom. The van der Waals surface area contributed by atoms with Gasteiger partial charge >= 0.3 is 6.03 Å². The van der Waals surface area contributed by atoms with Crippen molar-refractivity contribution in [2.24, 2.45) is 0 Å². The fourth-order valence-electron chi connectivity index (χ4n) is 2.26. The summed E-state index contributed by atoms with van der Waals surface area (Å²) in [6.07, 6.45) is 1.20. The van der Waals surface area contributed by atoms with Gasteiger partial charge in [-0.3, -0.25) is 0 Å². The number of piperidine rings is 1. The maximum absolute atomic E-state index is 12.1. The molecule has 1 heterocycles. The average Bonchev–Trinajstić information content (AvgIpc) is 2.41. The number of aliphatic hydroxyl groups excluding tert-OH is 1. The second-order valence-corrected chi connectivity index (χ2v) is 4.76. The summed E-state index contributed by atoms with van der Waals surface area (Å²) in [5.41, 5.74) is 1.70. The molecule has 1 aromatic rings. The molecule has 19 heavy (non-hydrogen) atoms. The van der Waals surface area contributed by atoms with E-state index >= 15 is 0 Å². The Morgan fingerprint density at radius 2 is 2.32 bits per heavy atom. The third-order valence-electron chi connectivity index (χ3n) is 3.24. The lowest BCUT2D eigenvalue weighted by atomic mass is 10.1. The van der Waals surface area contributed by atoms with Crippen LogP contribution in [0.3, 0.4) is 0 Å². The number of amides is 2. The Hall–Kier alpha value is -1.59. The number of carbonyl (C=O) groups is 1. The minimum Gasteiger partial charge on any atom is -0.391 e. The number of benzene rings is 1. The zero-order chi connectivity index (χ0) is 13.7. The van der Waals surface area contributed by atoms with Gasteiger partial charge in [-0.25, -0.2) is 4.79 Å². The van der Waals surface area contributed by atoms with Gasteiger partial charge in [-0.2, -0.15) is 0 Å². The van der Waals surface area contributed by atoms with Crippen LogP contribution in [0.25, 0.3) is 0 Å². The Morgan fingerprint density at radius 1 is 1.53 bits per heavy atom. The molecule has 0 aromatic heterocycles. The Bertz CT molecular complexity index is 436. The zero-order valence-electron chi connectivity index (χ0n) is 11.1. The third kappa shape index (κ3) is 3.68. The number of carbonyl (C=O) groups excluding carboxylic acids is 1. The van der Waals surface area contributed by atoms with E-state index in [2.05, 4.69) is 5.32 Å². The quantitative estimate of drug-likeness (QED) is 0.875. The number of nitrogens with one attached hydrogen (secondary N) is 1. The fourth-order valence-corrected chi connectivity index (χ4v) is 2.26. The maximum Gasteiger partial charge on any atom is 0.321 e. The minimum absolute atomic E-state index is 0.165. The van der Waals surface area contributed by atoms with Crippen molar-refractivity contribution < 1.29 is 14.6 Å². The molecule has 2 N–H and O–H groups in total. The van der Waals surface area contributed by atoms with Gasteiger partial charge in [0.15, 0.2) is 0 Å². The highest BCUT2D eigenvalue weighted by molar-refractivity contribution is 5.90. The number of methoxy groups -OCH3 is 1. The summed E-state index contributed by atoms with van der Waals surface area (Å²) in [5.74, 6) is 0. The number of hydrogen-bond acceptors (Lipinski definition) is 3. The number of para-hydroxylation sites is 1. The van der Waals surface area contributed by atoms with E-state index in [1.165, 1.54) is 0 Å². The summed E-state index contributed by atoms with van der Waals surface area (Å²) < 4.78 is 5.11. The van der Waals surface area contributed by atoms with Crippen LogP contribution < -0.4 is 5.32 Å². The molecule has 1 aromatic carbocycles. The second kappa shape index (κ2) is 6.54. The molecule has 1 fully saturated rings. The highest BCUT2D eigenvalue weighted by atomic mass is 16.5. The topological polar surface area (TPSA) is 61.8 Å². The van der Waals surface area contributed by atoms with E-state index in [0.29, 0.717) is 19.7 Å². The van der Waals surface area contributed by atoms with E-state index in [0.717, 1.165) is 24.1 Å². The summed E-state index contributed by atoms with van der Waals surface area (Å²) in [6, 6.07) is 7.40. The summed E-state index contributed by atoms with van der Waals surface area (Å²) in [4.78, 5) is 13.8. The largest absolute Gasteiger partial charge is 0.391 e. The molecule has 0 saturated carbocycles. The van der Waals surface area contributed by atoms with Gasteiger partial charge in [-0.15, -0.1) is 0 Å². The van der Waals surface area contributed by atoms with Crippen molar-refractivity contribution in [3.63, 3.8) is 0 Å². The molecule has 5 heteroatoms. The van der Waals surface area contributed by atoms with Crippen LogP contribution in [0.2, 0.25) is 0 Å². The second-order valence-electron chi connectivity index (χ2n) is 4.76. The average molecular weight is 264 g/mol. The molecule has 0 aliphatic carbocycles. The van der Waals surface area contributed by atoms with E-state index in [-0.39, 0.29) is 6.03 Å². The molecule has 104 valence electrons. The predicted octanol–water partition coefficient (Wildman–Crippen LogP) is 1.82. The number of anilines is 1. The Labute approximate surface area is 113 Å². The number of β-amino-alcohol motifs (C(OH)–C–C–N with tert-alkyl or cyclic N) is 1. The van der Waals surface area contributed by atoms with Crippen LogP contribution in [0.5, 0.6) is 0 Å². The van der Waals surface area contributed by atoms with Crippen molar-refractivity contribution in [3.8, 4) is 0 Å². The number of urea groups is 1. The van der Waals surface area contributed by atoms with Gasteiger partial charge in [0.2, 0.25) is 0 Å². The van der Waals surface area contributed by atoms with Crippen LogP contribution >= 0.6 is 0 Å². The van der Waals surface area contributed by atoms with E-state index in [1.807, 2.05) is 24.3 Å². The normalized spacial score (nSPS) is 19.3. The molecular formula is C14H20N2O3. The molecule has 2 amide bonds. The van der Waals surface area contributed by atoms with Gasteiger partial charge in [-0.05, 0) is 18.9 Å². The first-order valence-corrected chi connectivity index (χ1v) is 6.51. The number of hydrogen-bond donors (Lipinski definition) is 2. The van der Waals surface area contributed by atoms with E-state index < -0.39 is 6.10 Å². The van der Waals surface area contributed by atoms with Crippen LogP contribution in [0.15, 0.2) is 24.3 Å². The molecule has 2 rings (SSSR count). The zero-order valence-corrected chi connectivity index (χ0v) is 11.1. The van der Waals surface area contributed by atoms with Gasteiger partial charge in [-0.1, -0.05) is 18.2 Å². The van der Waals surface area contributed by atoms with E-state index in [1.54, 1.807) is 12.0 Å². The number of ether oxygens (including phenoxy) is 1. The fraction of sp³-hybridized carbons (Fsp3) is 0.500. The summed E-state index contributed by atoms with van der Waals surface area (Å²) in [7, 11) is 1.62. The molecule has 0 unspecified atom stereocenters. The maximum atomic E-state index is 12.1. The van der Waals surface area contributed by atoms with Crippen molar-refractivity contribution in [1.82, 2.24) is 4.90 Å². The lowest BCUT2D eigenvalue weighted by molar-refractivity contribution is 0.0883. The number of likely N-dealkylation sites (tertiary alicyclic amines) is 1. The molecule has 1 aliphatic heterocycles. The van der Waals surface area contributed by atoms with E-state index in [9.17, 15) is 9.90 Å². The van der Waals surface area contributed by atoms with Crippen molar-refractivity contribution in [2.45, 2.75) is 25.6 Å². The highest BCUT2D eigenvalue weighted by Crippen LogP contribution is 2.18. The molecule has 0 radical (unpaired) electrons. The Kier molecular flexibility index (Phi) is 4.76. The number of nitrogens with zero attached hydrogens (tertiary/aromatic N) is 1. The van der Waals surface area contributed by atoms with Gasteiger partial charge in [0.25, 0.3) is 0 Å². The molecule has 0 spiro atoms. The van der Waals surface area contributed by atoms with Crippen molar-refractivity contribution in [2.75, 3.05) is 25.5 Å². The molecule has 1 saturated heterocycles. The summed E-state index contributed by atoms with van der Waals surface area (Å²) in [5, 5.41) is 12.5. The predicted molar refractivity (Wildman–Crippen MR) is 73.0 cm³/mol. The lowest BCUT2D eigenvalue weighted by Crippen LogP contribution is -2.44. The van der Waals surface area contributed by atoms with Gasteiger partial charge in [0.05, 0.1) is 12.7 Å². The standard InChI is InChI=1S/C14H20N2O3/c1-19-10-11-5-2-3-7-13(11)15-14(18)16-8-4-6-12(17)9-16/h2-3,5,7,12,17H,4,6,8-10H2,1H3,(H,15,18)/t12-/m1/s1. The number of aliphatic hydroxyl groups is 1. The summed E-state index contributed by atoms with van der Waals surface area (Å²) >= 11 is 0. The monoisotopic (exact) mass is 264 g/mol. The highest BCUT2D eigenvalue weighted by Gasteiger charge is 2.22. The molecule has 0 bridgehead atoms. The Balaban J connectivity index is 2.02. The molecular weight excluding hydrogens is 244 g/mol. The first kappa shape index (κ1) is 13.8. The lowest BCUT2D eigenvalue weighted by Gasteiger charge is -2.30. The van der Waals surface area contributed by atoms with Gasteiger partial charge in [0.1, 0.15) is 0 Å². The molecule has 1 aliphatic rings. The van der Waals surface area contributed by atoms with Crippen molar-refractivity contribution in [1.29, 1.82) is 0 Å². The molecule has 1 atom stereocenters. The minimum atomic E-state index is -0.409. The number of rotatable bonds is 3. The van der Waals surface area contributed by atoms with Crippen molar-refractivity contribution >= 4 is 11.7 Å². The van der Waals surface area contributed by atoms with Crippen LogP contribution in [0.1, 0.15) is 18.4 Å². The van der Waals surface area contributed by atoms with Crippen LogP contribution in [-0.4, -0.2) is 42.3 Å². The third-order valence-corrected chi connectivity index (χ3v) is 3.24. The van der Waals surface area contributed by atoms with Gasteiger partial charge < -0.3 is 20.1 Å². The first-order chi connectivity index (χ1) is 9.20. The summed E-state index contributed by atoms with van der Waals surface area (Å²) in [6.45, 7) is 1.55. The first-order valence-electron chi connectivity index (χ1n) is 6.51. The smallest absolute Gasteiger partial charge is 0.321 e. The van der Waals surface area contributed by atoms with Crippen LogP contribution in [0.4, 0.5) is 10.5 Å².